The average Bonchev–Trinajstić information content (AvgIpc) is 3.12. The van der Waals surface area contributed by atoms with Crippen molar-refractivity contribution in [3.8, 4) is 0 Å². The number of aryl methyl sites for hydroxylation is 1. The van der Waals surface area contributed by atoms with Crippen LogP contribution >= 0.6 is 22.9 Å². The summed E-state index contributed by atoms with van der Waals surface area (Å²) in [5.74, 6) is -0.731. The molecule has 29 heavy (non-hydrogen) atoms. The SMILES string of the molecule is COC(=O)C1=C(C)NC2=C(C(=O)CC(c3ccccc3Cl)C2)C1c1ccc(C)s1. The largest absolute Gasteiger partial charge is 0.466 e. The van der Waals surface area contributed by atoms with Gasteiger partial charge in [0.1, 0.15) is 0 Å². The Morgan fingerprint density at radius 1 is 1.17 bits per heavy atom. The molecule has 150 valence electrons. The van der Waals surface area contributed by atoms with Crippen LogP contribution in [0.15, 0.2) is 58.9 Å². The lowest BCUT2D eigenvalue weighted by Crippen LogP contribution is -2.35. The van der Waals surface area contributed by atoms with Crippen LogP contribution in [0, 0.1) is 6.92 Å². The second-order valence-corrected chi connectivity index (χ2v) is 9.21. The zero-order valence-electron chi connectivity index (χ0n) is 16.5. The first-order valence-corrected chi connectivity index (χ1v) is 10.7. The molecule has 0 fully saturated rings. The van der Waals surface area contributed by atoms with Crippen molar-refractivity contribution in [3.05, 3.63) is 79.3 Å². The van der Waals surface area contributed by atoms with Gasteiger partial charge in [-0.25, -0.2) is 4.79 Å². The van der Waals surface area contributed by atoms with Gasteiger partial charge in [-0.15, -0.1) is 11.3 Å². The van der Waals surface area contributed by atoms with E-state index in [1.54, 1.807) is 11.3 Å². The third-order valence-corrected chi connectivity index (χ3v) is 7.03. The van der Waals surface area contributed by atoms with Crippen LogP contribution in [0.2, 0.25) is 5.02 Å². The van der Waals surface area contributed by atoms with Gasteiger partial charge in [0, 0.05) is 38.2 Å². The number of thiophene rings is 1. The van der Waals surface area contributed by atoms with Crippen LogP contribution in [0.1, 0.15) is 46.9 Å². The number of Topliss-reactive ketones (excluding diaryl/α,β-unsaturated/α-hetero) is 1. The van der Waals surface area contributed by atoms with Gasteiger partial charge in [0.15, 0.2) is 5.78 Å². The molecule has 1 aromatic heterocycles. The normalized spacial score (nSPS) is 21.7. The lowest BCUT2D eigenvalue weighted by molar-refractivity contribution is -0.136. The molecule has 1 aliphatic heterocycles. The maximum absolute atomic E-state index is 13.4. The minimum absolute atomic E-state index is 0.0145. The van der Waals surface area contributed by atoms with E-state index >= 15 is 0 Å². The van der Waals surface area contributed by atoms with Gasteiger partial charge in [-0.1, -0.05) is 29.8 Å². The van der Waals surface area contributed by atoms with E-state index < -0.39 is 11.9 Å². The Morgan fingerprint density at radius 2 is 1.93 bits per heavy atom. The van der Waals surface area contributed by atoms with E-state index in [-0.39, 0.29) is 11.7 Å². The van der Waals surface area contributed by atoms with Crippen LogP contribution in [0.5, 0.6) is 0 Å². The highest BCUT2D eigenvalue weighted by molar-refractivity contribution is 7.12. The maximum atomic E-state index is 13.4. The third-order valence-electron chi connectivity index (χ3n) is 5.62. The van der Waals surface area contributed by atoms with Gasteiger partial charge in [-0.2, -0.15) is 0 Å². The molecule has 0 amide bonds. The molecule has 1 aromatic carbocycles. The molecule has 1 N–H and O–H groups in total. The number of carbonyl (C=O) groups excluding carboxylic acids is 2. The molecule has 0 radical (unpaired) electrons. The summed E-state index contributed by atoms with van der Waals surface area (Å²) in [5.41, 5.74) is 3.80. The van der Waals surface area contributed by atoms with Gasteiger partial charge >= 0.3 is 5.97 Å². The standard InChI is InChI=1S/C23H22ClNO3S/c1-12-8-9-19(29-12)22-20(23(27)28-3)13(2)25-17-10-14(11-18(26)21(17)22)15-6-4-5-7-16(15)24/h4-9,14,22,25H,10-11H2,1-3H3. The van der Waals surface area contributed by atoms with Crippen LogP contribution < -0.4 is 5.32 Å². The highest BCUT2D eigenvalue weighted by Gasteiger charge is 2.42. The Kier molecular flexibility index (Phi) is 5.36. The van der Waals surface area contributed by atoms with Gasteiger partial charge in [0.2, 0.25) is 0 Å². The topological polar surface area (TPSA) is 55.4 Å². The van der Waals surface area contributed by atoms with E-state index in [0.29, 0.717) is 29.0 Å². The van der Waals surface area contributed by atoms with E-state index in [1.807, 2.05) is 50.2 Å². The summed E-state index contributed by atoms with van der Waals surface area (Å²) in [6.45, 7) is 3.89. The van der Waals surface area contributed by atoms with Crippen LogP contribution in [-0.4, -0.2) is 18.9 Å². The lowest BCUT2D eigenvalue weighted by Gasteiger charge is -2.36. The number of ketones is 1. The fourth-order valence-electron chi connectivity index (χ4n) is 4.34. The quantitative estimate of drug-likeness (QED) is 0.680. The number of benzene rings is 1. The van der Waals surface area contributed by atoms with Gasteiger partial charge in [-0.05, 0) is 49.9 Å². The number of nitrogens with one attached hydrogen (secondary N) is 1. The Morgan fingerprint density at radius 3 is 2.59 bits per heavy atom. The molecule has 2 aliphatic rings. The summed E-state index contributed by atoms with van der Waals surface area (Å²) in [6.07, 6.45) is 1.05. The van der Waals surface area contributed by atoms with E-state index in [0.717, 1.165) is 26.7 Å². The Hall–Kier alpha value is -2.37. The summed E-state index contributed by atoms with van der Waals surface area (Å²) in [7, 11) is 1.37. The van der Waals surface area contributed by atoms with E-state index in [9.17, 15) is 9.59 Å². The first-order chi connectivity index (χ1) is 13.9. The van der Waals surface area contributed by atoms with Crippen molar-refractivity contribution >= 4 is 34.7 Å². The molecule has 2 atom stereocenters. The fraction of sp³-hybridized carbons (Fsp3) is 0.304. The summed E-state index contributed by atoms with van der Waals surface area (Å²) >= 11 is 8.01. The molecular weight excluding hydrogens is 406 g/mol. The monoisotopic (exact) mass is 427 g/mol. The first-order valence-electron chi connectivity index (χ1n) is 9.53. The predicted molar refractivity (Wildman–Crippen MR) is 115 cm³/mol. The van der Waals surface area contributed by atoms with Crippen LogP contribution in [0.4, 0.5) is 0 Å². The van der Waals surface area contributed by atoms with Gasteiger partial charge < -0.3 is 10.1 Å². The Balaban J connectivity index is 1.81. The molecule has 0 saturated heterocycles. The highest BCUT2D eigenvalue weighted by atomic mass is 35.5. The summed E-state index contributed by atoms with van der Waals surface area (Å²) in [4.78, 5) is 28.1. The molecule has 2 heterocycles. The predicted octanol–water partition coefficient (Wildman–Crippen LogP) is 5.24. The van der Waals surface area contributed by atoms with Crippen molar-refractivity contribution in [1.29, 1.82) is 0 Å². The number of methoxy groups -OCH3 is 1. The van der Waals surface area contributed by atoms with Crippen molar-refractivity contribution < 1.29 is 14.3 Å². The van der Waals surface area contributed by atoms with Gasteiger partial charge in [0.05, 0.1) is 18.6 Å². The van der Waals surface area contributed by atoms with Crippen molar-refractivity contribution in [2.45, 2.75) is 38.5 Å². The molecule has 6 heteroatoms. The number of halogens is 1. The second kappa shape index (κ2) is 7.81. The van der Waals surface area contributed by atoms with Crippen molar-refractivity contribution in [3.63, 3.8) is 0 Å². The molecule has 4 nitrogen and oxygen atoms in total. The number of dihydropyridines is 1. The smallest absolute Gasteiger partial charge is 0.336 e. The number of carbonyl (C=O) groups is 2. The number of hydrogen-bond donors (Lipinski definition) is 1. The molecule has 1 aliphatic carbocycles. The second-order valence-electron chi connectivity index (χ2n) is 7.48. The highest BCUT2D eigenvalue weighted by Crippen LogP contribution is 2.47. The molecule has 0 bridgehead atoms. The maximum Gasteiger partial charge on any atom is 0.336 e. The minimum atomic E-state index is -0.404. The number of esters is 1. The lowest BCUT2D eigenvalue weighted by atomic mass is 9.73. The number of ether oxygens (including phenoxy) is 1. The first kappa shape index (κ1) is 19.9. The van der Waals surface area contributed by atoms with Crippen LogP contribution in [0.25, 0.3) is 0 Å². The van der Waals surface area contributed by atoms with Crippen LogP contribution in [0.3, 0.4) is 0 Å². The Labute approximate surface area is 179 Å². The minimum Gasteiger partial charge on any atom is -0.466 e. The summed E-state index contributed by atoms with van der Waals surface area (Å²) in [5, 5.41) is 4.02. The molecule has 0 spiro atoms. The van der Waals surface area contributed by atoms with Gasteiger partial charge in [0.25, 0.3) is 0 Å². The molecule has 2 unspecified atom stereocenters. The number of allylic oxidation sites excluding steroid dienone is 3. The number of rotatable bonds is 3. The molecule has 0 saturated carbocycles. The zero-order valence-corrected chi connectivity index (χ0v) is 18.1. The van der Waals surface area contributed by atoms with E-state index in [2.05, 4.69) is 5.32 Å². The van der Waals surface area contributed by atoms with Crippen molar-refractivity contribution in [2.75, 3.05) is 7.11 Å². The zero-order chi connectivity index (χ0) is 20.7. The van der Waals surface area contributed by atoms with Crippen LogP contribution in [-0.2, 0) is 14.3 Å². The Bertz CT molecular complexity index is 1070. The summed E-state index contributed by atoms with van der Waals surface area (Å²) < 4.78 is 5.06. The number of hydrogen-bond acceptors (Lipinski definition) is 5. The van der Waals surface area contributed by atoms with Gasteiger partial charge in [-0.3, -0.25) is 4.79 Å². The fourth-order valence-corrected chi connectivity index (χ4v) is 5.63. The molecular formula is C23H22ClNO3S. The van der Waals surface area contributed by atoms with Crippen molar-refractivity contribution in [1.82, 2.24) is 5.32 Å². The van der Waals surface area contributed by atoms with E-state index in [4.69, 9.17) is 16.3 Å². The third kappa shape index (κ3) is 3.53. The molecule has 2 aromatic rings. The van der Waals surface area contributed by atoms with Crippen molar-refractivity contribution in [2.24, 2.45) is 0 Å². The summed E-state index contributed by atoms with van der Waals surface area (Å²) in [6, 6.07) is 11.7. The average molecular weight is 428 g/mol. The van der Waals surface area contributed by atoms with E-state index in [1.165, 1.54) is 7.11 Å². The molecule has 4 rings (SSSR count).